The van der Waals surface area contributed by atoms with Crippen LogP contribution in [0.1, 0.15) is 27.2 Å². The molecule has 4 atom stereocenters. The van der Waals surface area contributed by atoms with E-state index in [9.17, 15) is 10.2 Å². The van der Waals surface area contributed by atoms with Gasteiger partial charge in [0, 0.05) is 35.9 Å². The molecule has 86 valence electrons. The van der Waals surface area contributed by atoms with E-state index in [0.717, 1.165) is 26.1 Å². The van der Waals surface area contributed by atoms with Crippen molar-refractivity contribution in [2.45, 2.75) is 39.4 Å². The summed E-state index contributed by atoms with van der Waals surface area (Å²) in [6, 6.07) is 0. The third kappa shape index (κ3) is 0.973. The first-order chi connectivity index (χ1) is 6.80. The molecule has 1 saturated carbocycles. The van der Waals surface area contributed by atoms with Gasteiger partial charge in [0.05, 0.1) is 12.2 Å². The molecular weight excluding hydrogens is 190 g/mol. The molecule has 0 radical (unpaired) electrons. The number of hydrogen-bond acceptors (Lipinski definition) is 3. The van der Waals surface area contributed by atoms with Gasteiger partial charge in [0.2, 0.25) is 0 Å². The van der Waals surface area contributed by atoms with Crippen molar-refractivity contribution in [1.29, 1.82) is 0 Å². The SMILES string of the molecule is CC12CN3CC(C)(C1)C(O)C(C)(C3)C2O. The van der Waals surface area contributed by atoms with E-state index < -0.39 is 0 Å². The predicted molar refractivity (Wildman–Crippen MR) is 57.4 cm³/mol. The van der Waals surface area contributed by atoms with Gasteiger partial charge in [-0.2, -0.15) is 0 Å². The van der Waals surface area contributed by atoms with E-state index >= 15 is 0 Å². The number of rotatable bonds is 0. The van der Waals surface area contributed by atoms with Crippen molar-refractivity contribution >= 4 is 0 Å². The van der Waals surface area contributed by atoms with E-state index in [1.165, 1.54) is 0 Å². The molecule has 1 aliphatic carbocycles. The largest absolute Gasteiger partial charge is 0.392 e. The van der Waals surface area contributed by atoms with E-state index in [-0.39, 0.29) is 28.5 Å². The van der Waals surface area contributed by atoms with Crippen LogP contribution in [0.2, 0.25) is 0 Å². The molecule has 0 aromatic rings. The maximum absolute atomic E-state index is 10.4. The fraction of sp³-hybridized carbons (Fsp3) is 1.00. The molecule has 15 heavy (non-hydrogen) atoms. The Labute approximate surface area is 91.1 Å². The zero-order valence-corrected chi connectivity index (χ0v) is 9.82. The van der Waals surface area contributed by atoms with Crippen molar-refractivity contribution in [3.8, 4) is 0 Å². The van der Waals surface area contributed by atoms with E-state index in [1.807, 2.05) is 6.92 Å². The summed E-state index contributed by atoms with van der Waals surface area (Å²) in [5.74, 6) is 0. The van der Waals surface area contributed by atoms with Crippen LogP contribution >= 0.6 is 0 Å². The molecule has 4 rings (SSSR count). The lowest BCUT2D eigenvalue weighted by Crippen LogP contribution is -2.77. The van der Waals surface area contributed by atoms with Gasteiger partial charge in [0.1, 0.15) is 0 Å². The van der Waals surface area contributed by atoms with Crippen molar-refractivity contribution in [3.63, 3.8) is 0 Å². The van der Waals surface area contributed by atoms with Crippen LogP contribution in [0.15, 0.2) is 0 Å². The predicted octanol–water partition coefficient (Wildman–Crippen LogP) is 0.460. The van der Waals surface area contributed by atoms with Crippen molar-refractivity contribution in [1.82, 2.24) is 4.90 Å². The molecule has 0 amide bonds. The summed E-state index contributed by atoms with van der Waals surface area (Å²) < 4.78 is 0. The fourth-order valence-corrected chi connectivity index (χ4v) is 4.99. The summed E-state index contributed by atoms with van der Waals surface area (Å²) in [5, 5.41) is 20.9. The Morgan fingerprint density at radius 1 is 0.933 bits per heavy atom. The Bertz CT molecular complexity index is 295. The van der Waals surface area contributed by atoms with Crippen LogP contribution in [0.4, 0.5) is 0 Å². The van der Waals surface area contributed by atoms with Crippen LogP contribution in [0.3, 0.4) is 0 Å². The summed E-state index contributed by atoms with van der Waals surface area (Å²) in [6.45, 7) is 9.22. The lowest BCUT2D eigenvalue weighted by atomic mass is 9.46. The monoisotopic (exact) mass is 211 g/mol. The molecule has 3 nitrogen and oxygen atoms in total. The van der Waals surface area contributed by atoms with E-state index in [2.05, 4.69) is 18.7 Å². The Morgan fingerprint density at radius 3 is 1.87 bits per heavy atom. The van der Waals surface area contributed by atoms with Gasteiger partial charge >= 0.3 is 0 Å². The number of hydrogen-bond donors (Lipinski definition) is 2. The van der Waals surface area contributed by atoms with Crippen LogP contribution in [0.25, 0.3) is 0 Å². The van der Waals surface area contributed by atoms with Gasteiger partial charge in [0.15, 0.2) is 0 Å². The molecule has 4 fully saturated rings. The highest BCUT2D eigenvalue weighted by atomic mass is 16.3. The fourth-order valence-electron chi connectivity index (χ4n) is 4.99. The molecule has 0 aromatic heterocycles. The van der Waals surface area contributed by atoms with E-state index in [4.69, 9.17) is 0 Å². The molecule has 4 bridgehead atoms. The lowest BCUT2D eigenvalue weighted by Gasteiger charge is -2.69. The summed E-state index contributed by atoms with van der Waals surface area (Å²) >= 11 is 0. The second-order valence-electron chi connectivity index (χ2n) is 6.94. The Kier molecular flexibility index (Phi) is 1.62. The molecule has 4 aliphatic rings. The Balaban J connectivity index is 2.12. The van der Waals surface area contributed by atoms with Gasteiger partial charge < -0.3 is 15.1 Å². The first-order valence-corrected chi connectivity index (χ1v) is 5.89. The average Bonchev–Trinajstić information content (AvgIpc) is 2.10. The molecule has 4 unspecified atom stereocenters. The topological polar surface area (TPSA) is 43.7 Å². The maximum atomic E-state index is 10.4. The molecule has 3 saturated heterocycles. The smallest absolute Gasteiger partial charge is 0.0696 e. The highest BCUT2D eigenvalue weighted by Gasteiger charge is 2.67. The van der Waals surface area contributed by atoms with Gasteiger partial charge in [-0.05, 0) is 6.42 Å². The number of aliphatic hydroxyl groups is 2. The Morgan fingerprint density at radius 2 is 1.40 bits per heavy atom. The van der Waals surface area contributed by atoms with Crippen LogP contribution in [-0.2, 0) is 0 Å². The Hall–Kier alpha value is -0.120. The summed E-state index contributed by atoms with van der Waals surface area (Å²) in [4.78, 5) is 2.42. The van der Waals surface area contributed by atoms with Crippen molar-refractivity contribution in [2.24, 2.45) is 16.2 Å². The molecular formula is C12H21NO2. The normalized spacial score (nSPS) is 67.4. The molecule has 3 heterocycles. The van der Waals surface area contributed by atoms with Crippen LogP contribution < -0.4 is 0 Å². The zero-order valence-electron chi connectivity index (χ0n) is 9.82. The summed E-state index contributed by atoms with van der Waals surface area (Å²) in [6.07, 6.45) is 0.239. The number of piperidine rings is 3. The van der Waals surface area contributed by atoms with Gasteiger partial charge in [-0.1, -0.05) is 20.8 Å². The summed E-state index contributed by atoms with van der Waals surface area (Å²) in [7, 11) is 0. The van der Waals surface area contributed by atoms with Gasteiger partial charge in [0.25, 0.3) is 0 Å². The molecule has 3 heteroatoms. The van der Waals surface area contributed by atoms with Crippen LogP contribution in [-0.4, -0.2) is 47.0 Å². The van der Waals surface area contributed by atoms with Crippen LogP contribution in [0, 0.1) is 16.2 Å². The van der Waals surface area contributed by atoms with Gasteiger partial charge in [-0.25, -0.2) is 0 Å². The molecule has 0 aromatic carbocycles. The van der Waals surface area contributed by atoms with Crippen molar-refractivity contribution < 1.29 is 10.2 Å². The minimum Gasteiger partial charge on any atom is -0.392 e. The van der Waals surface area contributed by atoms with Crippen molar-refractivity contribution in [2.75, 3.05) is 19.6 Å². The van der Waals surface area contributed by atoms with Crippen molar-refractivity contribution in [3.05, 3.63) is 0 Å². The van der Waals surface area contributed by atoms with Gasteiger partial charge in [-0.3, -0.25) is 0 Å². The zero-order chi connectivity index (χ0) is 11.1. The second-order valence-corrected chi connectivity index (χ2v) is 6.94. The second kappa shape index (κ2) is 2.41. The van der Waals surface area contributed by atoms with E-state index in [1.54, 1.807) is 0 Å². The average molecular weight is 211 g/mol. The number of nitrogens with zero attached hydrogens (tertiary/aromatic N) is 1. The third-order valence-electron chi connectivity index (χ3n) is 5.11. The van der Waals surface area contributed by atoms with Gasteiger partial charge in [-0.15, -0.1) is 0 Å². The van der Waals surface area contributed by atoms with E-state index in [0.29, 0.717) is 0 Å². The minimum absolute atomic E-state index is 0.0147. The quantitative estimate of drug-likeness (QED) is 0.612. The molecule has 2 N–H and O–H groups in total. The first kappa shape index (κ1) is 10.1. The standard InChI is InChI=1S/C12H21NO2/c1-10-4-11(2)6-13(5-10)7-12(3,8(10)14)9(11)15/h8-9,14-15H,4-7H2,1-3H3. The first-order valence-electron chi connectivity index (χ1n) is 5.89. The highest BCUT2D eigenvalue weighted by Crippen LogP contribution is 2.61. The lowest BCUT2D eigenvalue weighted by molar-refractivity contribution is -0.284. The van der Waals surface area contributed by atoms with Crippen LogP contribution in [0.5, 0.6) is 0 Å². The summed E-state index contributed by atoms with van der Waals surface area (Å²) in [5.41, 5.74) is -0.350. The molecule has 3 aliphatic heterocycles. The molecule has 0 spiro atoms. The maximum Gasteiger partial charge on any atom is 0.0696 e. The highest BCUT2D eigenvalue weighted by molar-refractivity contribution is 5.18. The minimum atomic E-state index is -0.357. The third-order valence-corrected chi connectivity index (χ3v) is 5.11. The number of aliphatic hydroxyl groups excluding tert-OH is 2.